The maximum Gasteiger partial charge on any atom is 0.159 e. The third-order valence-corrected chi connectivity index (χ3v) is 3.38. The maximum absolute atomic E-state index is 11.6. The van der Waals surface area contributed by atoms with Crippen LogP contribution in [-0.2, 0) is 13.0 Å². The predicted molar refractivity (Wildman–Crippen MR) is 82.9 cm³/mol. The average molecular weight is 286 g/mol. The highest BCUT2D eigenvalue weighted by Crippen LogP contribution is 2.22. The number of nitrogens with zero attached hydrogens (tertiary/aromatic N) is 2. The minimum atomic E-state index is 0.0683. The molecule has 0 aliphatic heterocycles. The molecule has 0 bridgehead atoms. The molecule has 1 aromatic carbocycles. The third-order valence-electron chi connectivity index (χ3n) is 3.38. The van der Waals surface area contributed by atoms with Gasteiger partial charge < -0.3 is 9.30 Å². The lowest BCUT2D eigenvalue weighted by Crippen LogP contribution is -2.07. The molecule has 1 heterocycles. The van der Waals surface area contributed by atoms with Gasteiger partial charge in [-0.2, -0.15) is 0 Å². The van der Waals surface area contributed by atoms with E-state index in [2.05, 4.69) is 16.5 Å². The lowest BCUT2D eigenvalue weighted by Gasteiger charge is -2.13. The van der Waals surface area contributed by atoms with Crippen molar-refractivity contribution in [2.75, 3.05) is 6.61 Å². The Bertz CT molecular complexity index is 617. The number of carbonyl (C=O) groups is 1. The zero-order valence-corrected chi connectivity index (χ0v) is 12.9. The van der Waals surface area contributed by atoms with Gasteiger partial charge in [-0.25, -0.2) is 4.98 Å². The molecule has 1 aromatic heterocycles. The molecule has 4 nitrogen and oxygen atoms in total. The van der Waals surface area contributed by atoms with E-state index in [0.717, 1.165) is 30.0 Å². The topological polar surface area (TPSA) is 44.1 Å². The molecule has 0 radical (unpaired) electrons. The summed E-state index contributed by atoms with van der Waals surface area (Å²) < 4.78 is 7.79. The number of benzene rings is 1. The number of imidazole rings is 1. The maximum atomic E-state index is 11.6. The highest BCUT2D eigenvalue weighted by atomic mass is 16.5. The van der Waals surface area contributed by atoms with Crippen molar-refractivity contribution in [2.24, 2.45) is 0 Å². The molecule has 0 fully saturated rings. The Morgan fingerprint density at radius 2 is 2.14 bits per heavy atom. The van der Waals surface area contributed by atoms with Crippen molar-refractivity contribution >= 4 is 5.78 Å². The first-order valence-electron chi connectivity index (χ1n) is 7.42. The lowest BCUT2D eigenvalue weighted by molar-refractivity contribution is 0.101. The van der Waals surface area contributed by atoms with Crippen LogP contribution in [0.25, 0.3) is 0 Å². The predicted octanol–water partition coefficient (Wildman–Crippen LogP) is 3.49. The van der Waals surface area contributed by atoms with Crippen LogP contribution >= 0.6 is 0 Å². The van der Waals surface area contributed by atoms with Gasteiger partial charge in [0.2, 0.25) is 0 Å². The number of rotatable bonds is 7. The van der Waals surface area contributed by atoms with E-state index in [1.807, 2.05) is 37.5 Å². The lowest BCUT2D eigenvalue weighted by atomic mass is 10.1. The van der Waals surface area contributed by atoms with E-state index in [9.17, 15) is 4.79 Å². The number of aryl methyl sites for hydroxylation is 1. The Hall–Kier alpha value is -2.10. The second kappa shape index (κ2) is 7.07. The fraction of sp³-hybridized carbons (Fsp3) is 0.412. The van der Waals surface area contributed by atoms with Crippen molar-refractivity contribution in [3.8, 4) is 5.75 Å². The second-order valence-corrected chi connectivity index (χ2v) is 5.03. The molecule has 21 heavy (non-hydrogen) atoms. The van der Waals surface area contributed by atoms with E-state index in [4.69, 9.17) is 4.74 Å². The van der Waals surface area contributed by atoms with Crippen LogP contribution in [0.1, 0.15) is 48.9 Å². The molecule has 0 spiro atoms. The van der Waals surface area contributed by atoms with Crippen LogP contribution in [0.5, 0.6) is 5.75 Å². The molecular weight excluding hydrogens is 264 g/mol. The Kier molecular flexibility index (Phi) is 5.14. The average Bonchev–Trinajstić information content (AvgIpc) is 2.88. The Morgan fingerprint density at radius 3 is 2.81 bits per heavy atom. The van der Waals surface area contributed by atoms with Gasteiger partial charge in [0.05, 0.1) is 13.2 Å². The van der Waals surface area contributed by atoms with Gasteiger partial charge in [0.1, 0.15) is 11.6 Å². The minimum Gasteiger partial charge on any atom is -0.494 e. The number of carbonyl (C=O) groups excluding carboxylic acids is 1. The van der Waals surface area contributed by atoms with Gasteiger partial charge in [-0.3, -0.25) is 4.79 Å². The van der Waals surface area contributed by atoms with Crippen LogP contribution in [0.2, 0.25) is 0 Å². The molecular formula is C17H22N2O2. The normalized spacial score (nSPS) is 10.6. The summed E-state index contributed by atoms with van der Waals surface area (Å²) in [5, 5.41) is 0. The summed E-state index contributed by atoms with van der Waals surface area (Å²) in [6, 6.07) is 5.62. The Morgan fingerprint density at radius 1 is 1.33 bits per heavy atom. The van der Waals surface area contributed by atoms with E-state index in [0.29, 0.717) is 18.7 Å². The first kappa shape index (κ1) is 15.3. The van der Waals surface area contributed by atoms with E-state index in [1.54, 1.807) is 6.92 Å². The number of aromatic nitrogens is 2. The smallest absolute Gasteiger partial charge is 0.159 e. The molecule has 112 valence electrons. The first-order chi connectivity index (χ1) is 10.2. The molecule has 0 atom stereocenters. The molecule has 0 aliphatic carbocycles. The van der Waals surface area contributed by atoms with Gasteiger partial charge in [-0.05, 0) is 38.5 Å². The zero-order valence-electron chi connectivity index (χ0n) is 12.9. The van der Waals surface area contributed by atoms with Crippen LogP contribution in [0.3, 0.4) is 0 Å². The molecule has 2 rings (SSSR count). The fourth-order valence-electron chi connectivity index (χ4n) is 2.34. The number of ketones is 1. The zero-order chi connectivity index (χ0) is 15.2. The van der Waals surface area contributed by atoms with Crippen LogP contribution in [0.4, 0.5) is 0 Å². The fourth-order valence-corrected chi connectivity index (χ4v) is 2.34. The highest BCUT2D eigenvalue weighted by molar-refractivity contribution is 5.94. The van der Waals surface area contributed by atoms with Gasteiger partial charge in [-0.1, -0.05) is 6.92 Å². The second-order valence-electron chi connectivity index (χ2n) is 5.03. The number of hydrogen-bond donors (Lipinski definition) is 0. The van der Waals surface area contributed by atoms with E-state index < -0.39 is 0 Å². The van der Waals surface area contributed by atoms with Crippen LogP contribution in [-0.4, -0.2) is 21.9 Å². The monoisotopic (exact) mass is 286 g/mol. The quantitative estimate of drug-likeness (QED) is 0.732. The standard InChI is InChI=1S/C17H22N2O2/c1-4-6-17-18-9-10-19(17)12-15-11-14(13(3)20)7-8-16(15)21-5-2/h7-11H,4-6,12H2,1-3H3. The van der Waals surface area contributed by atoms with Crippen LogP contribution in [0.15, 0.2) is 30.6 Å². The minimum absolute atomic E-state index is 0.0683. The molecule has 2 aromatic rings. The third kappa shape index (κ3) is 3.72. The van der Waals surface area contributed by atoms with Crippen molar-refractivity contribution in [2.45, 2.75) is 40.2 Å². The number of ether oxygens (including phenoxy) is 1. The van der Waals surface area contributed by atoms with Crippen molar-refractivity contribution in [1.82, 2.24) is 9.55 Å². The van der Waals surface area contributed by atoms with E-state index >= 15 is 0 Å². The molecule has 0 N–H and O–H groups in total. The molecule has 0 saturated heterocycles. The Balaban J connectivity index is 2.33. The van der Waals surface area contributed by atoms with Gasteiger partial charge in [0.15, 0.2) is 5.78 Å². The van der Waals surface area contributed by atoms with Gasteiger partial charge >= 0.3 is 0 Å². The van der Waals surface area contributed by atoms with Crippen LogP contribution in [0, 0.1) is 0 Å². The van der Waals surface area contributed by atoms with Crippen molar-refractivity contribution in [3.05, 3.63) is 47.5 Å². The number of hydrogen-bond acceptors (Lipinski definition) is 3. The number of Topliss-reactive ketones (excluding diaryl/α,β-unsaturated/α-hetero) is 1. The van der Waals surface area contributed by atoms with Crippen molar-refractivity contribution < 1.29 is 9.53 Å². The van der Waals surface area contributed by atoms with Crippen molar-refractivity contribution in [1.29, 1.82) is 0 Å². The summed E-state index contributed by atoms with van der Waals surface area (Å²) in [5.41, 5.74) is 1.73. The SMILES string of the molecule is CCCc1nccn1Cc1cc(C(C)=O)ccc1OCC. The first-order valence-corrected chi connectivity index (χ1v) is 7.42. The van der Waals surface area contributed by atoms with Gasteiger partial charge in [0, 0.05) is 29.9 Å². The van der Waals surface area contributed by atoms with E-state index in [-0.39, 0.29) is 5.78 Å². The molecule has 4 heteroatoms. The van der Waals surface area contributed by atoms with Crippen LogP contribution < -0.4 is 4.74 Å². The summed E-state index contributed by atoms with van der Waals surface area (Å²) in [4.78, 5) is 16.0. The summed E-state index contributed by atoms with van der Waals surface area (Å²) >= 11 is 0. The van der Waals surface area contributed by atoms with Gasteiger partial charge in [0.25, 0.3) is 0 Å². The molecule has 0 saturated carbocycles. The summed E-state index contributed by atoms with van der Waals surface area (Å²) in [5.74, 6) is 1.96. The molecule has 0 amide bonds. The summed E-state index contributed by atoms with van der Waals surface area (Å²) in [6.45, 7) is 6.96. The highest BCUT2D eigenvalue weighted by Gasteiger charge is 2.10. The largest absolute Gasteiger partial charge is 0.494 e. The van der Waals surface area contributed by atoms with Gasteiger partial charge in [-0.15, -0.1) is 0 Å². The van der Waals surface area contributed by atoms with E-state index in [1.165, 1.54) is 0 Å². The molecule has 0 aliphatic rings. The molecule has 0 unspecified atom stereocenters. The Labute approximate surface area is 125 Å². The van der Waals surface area contributed by atoms with Crippen molar-refractivity contribution in [3.63, 3.8) is 0 Å². The summed E-state index contributed by atoms with van der Waals surface area (Å²) in [7, 11) is 0. The summed E-state index contributed by atoms with van der Waals surface area (Å²) in [6.07, 6.45) is 5.80.